The molecule has 1 aromatic heterocycles. The second kappa shape index (κ2) is 8.42. The summed E-state index contributed by atoms with van der Waals surface area (Å²) in [5.41, 5.74) is 1.56. The number of rotatable bonds is 7. The van der Waals surface area contributed by atoms with Crippen molar-refractivity contribution in [3.63, 3.8) is 0 Å². The summed E-state index contributed by atoms with van der Waals surface area (Å²) >= 11 is 0. The van der Waals surface area contributed by atoms with Gasteiger partial charge in [-0.05, 0) is 23.3 Å². The number of hydrogen-bond donors (Lipinski definition) is 1. The maximum Gasteiger partial charge on any atom is 0.290 e. The van der Waals surface area contributed by atoms with Crippen LogP contribution in [0.25, 0.3) is 6.08 Å². The lowest BCUT2D eigenvalue weighted by Gasteiger charge is -2.25. The van der Waals surface area contributed by atoms with Crippen molar-refractivity contribution in [1.82, 2.24) is 9.88 Å². The van der Waals surface area contributed by atoms with Crippen molar-refractivity contribution < 1.29 is 19.4 Å². The number of aromatic nitrogens is 1. The number of aliphatic hydroxyl groups is 1. The summed E-state index contributed by atoms with van der Waals surface area (Å²) in [4.78, 5) is 30.9. The van der Waals surface area contributed by atoms with E-state index in [0.29, 0.717) is 5.56 Å². The molecule has 0 fully saturated rings. The summed E-state index contributed by atoms with van der Waals surface area (Å²) in [7, 11) is 1.53. The average molecular weight is 364 g/mol. The number of aliphatic hydroxyl groups excluding tert-OH is 1. The lowest BCUT2D eigenvalue weighted by molar-refractivity contribution is -0.130. The highest BCUT2D eigenvalue weighted by Gasteiger charge is 2.42. The normalized spacial score (nSPS) is 17.1. The van der Waals surface area contributed by atoms with Crippen LogP contribution in [0.15, 0.2) is 72.3 Å². The van der Waals surface area contributed by atoms with Crippen molar-refractivity contribution in [2.75, 3.05) is 20.3 Å². The molecule has 0 radical (unpaired) electrons. The monoisotopic (exact) mass is 364 g/mol. The fraction of sp³-hybridized carbons (Fsp3) is 0.190. The Labute approximate surface area is 157 Å². The fourth-order valence-corrected chi connectivity index (χ4v) is 3.04. The van der Waals surface area contributed by atoms with Gasteiger partial charge in [-0.1, -0.05) is 42.5 Å². The van der Waals surface area contributed by atoms with Crippen LogP contribution in [-0.2, 0) is 14.3 Å². The van der Waals surface area contributed by atoms with E-state index in [1.807, 2.05) is 30.3 Å². The zero-order valence-corrected chi connectivity index (χ0v) is 14.9. The highest BCUT2D eigenvalue weighted by atomic mass is 16.5. The lowest BCUT2D eigenvalue weighted by Crippen LogP contribution is -2.33. The maximum absolute atomic E-state index is 12.8. The maximum atomic E-state index is 12.8. The molecule has 1 aliphatic heterocycles. The standard InChI is InChI=1S/C21H20N2O4/c1-27-13-12-23-19(16-8-5-11-22-14-16)18(20(25)21(23)26)17(24)10-9-15-6-3-2-4-7-15/h2-11,14,19,25H,12-13H2,1H3/b10-9+/t19-/m0/s1. The van der Waals surface area contributed by atoms with Gasteiger partial charge in [0.2, 0.25) is 0 Å². The zero-order chi connectivity index (χ0) is 19.2. The van der Waals surface area contributed by atoms with Crippen molar-refractivity contribution >= 4 is 17.8 Å². The molecule has 6 nitrogen and oxygen atoms in total. The number of nitrogens with zero attached hydrogens (tertiary/aromatic N) is 2. The van der Waals surface area contributed by atoms with Gasteiger partial charge >= 0.3 is 0 Å². The predicted octanol–water partition coefficient (Wildman–Crippen LogP) is 2.71. The van der Waals surface area contributed by atoms with E-state index in [0.717, 1.165) is 5.56 Å². The van der Waals surface area contributed by atoms with E-state index in [2.05, 4.69) is 4.98 Å². The van der Waals surface area contributed by atoms with Gasteiger partial charge in [0, 0.05) is 26.0 Å². The summed E-state index contributed by atoms with van der Waals surface area (Å²) in [6, 6.07) is 12.1. The molecule has 0 saturated heterocycles. The molecule has 1 aromatic carbocycles. The van der Waals surface area contributed by atoms with Crippen LogP contribution in [0.4, 0.5) is 0 Å². The van der Waals surface area contributed by atoms with Gasteiger partial charge in [0.05, 0.1) is 18.2 Å². The molecule has 0 aliphatic carbocycles. The number of ether oxygens (including phenoxy) is 1. The summed E-state index contributed by atoms with van der Waals surface area (Å²) in [6.45, 7) is 0.537. The average Bonchev–Trinajstić information content (AvgIpc) is 2.96. The molecule has 0 unspecified atom stereocenters. The number of benzene rings is 1. The first-order chi connectivity index (χ1) is 13.1. The topological polar surface area (TPSA) is 79.7 Å². The quantitative estimate of drug-likeness (QED) is 0.764. The van der Waals surface area contributed by atoms with Crippen molar-refractivity contribution in [1.29, 1.82) is 0 Å². The first-order valence-corrected chi connectivity index (χ1v) is 8.54. The van der Waals surface area contributed by atoms with Crippen molar-refractivity contribution in [3.05, 3.63) is 83.4 Å². The Bertz CT molecular complexity index is 876. The number of allylic oxidation sites excluding steroid dienone is 1. The molecule has 3 rings (SSSR count). The number of carbonyl (C=O) groups is 2. The predicted molar refractivity (Wildman–Crippen MR) is 101 cm³/mol. The summed E-state index contributed by atoms with van der Waals surface area (Å²) in [5.74, 6) is -1.53. The van der Waals surface area contributed by atoms with Gasteiger partial charge in [0.15, 0.2) is 11.5 Å². The van der Waals surface area contributed by atoms with Gasteiger partial charge in [-0.25, -0.2) is 0 Å². The van der Waals surface area contributed by atoms with Crippen LogP contribution < -0.4 is 0 Å². The van der Waals surface area contributed by atoms with Crippen LogP contribution in [0.5, 0.6) is 0 Å². The molecular formula is C21H20N2O4. The van der Waals surface area contributed by atoms with Gasteiger partial charge in [-0.15, -0.1) is 0 Å². The van der Waals surface area contributed by atoms with Gasteiger partial charge in [-0.2, -0.15) is 0 Å². The van der Waals surface area contributed by atoms with E-state index >= 15 is 0 Å². The Kier molecular flexibility index (Phi) is 5.78. The number of pyridine rings is 1. The van der Waals surface area contributed by atoms with Gasteiger partial charge in [0.25, 0.3) is 5.91 Å². The van der Waals surface area contributed by atoms with Crippen LogP contribution >= 0.6 is 0 Å². The highest BCUT2D eigenvalue weighted by molar-refractivity contribution is 6.14. The summed E-state index contributed by atoms with van der Waals surface area (Å²) in [5, 5.41) is 10.4. The zero-order valence-electron chi connectivity index (χ0n) is 14.9. The third-order valence-corrected chi connectivity index (χ3v) is 4.33. The third-order valence-electron chi connectivity index (χ3n) is 4.33. The van der Waals surface area contributed by atoms with E-state index < -0.39 is 23.5 Å². The summed E-state index contributed by atoms with van der Waals surface area (Å²) < 4.78 is 5.06. The number of amides is 1. The number of ketones is 1. The van der Waals surface area contributed by atoms with Gasteiger partial charge in [-0.3, -0.25) is 14.6 Å². The molecule has 0 saturated carbocycles. The summed E-state index contributed by atoms with van der Waals surface area (Å²) in [6.07, 6.45) is 6.23. The van der Waals surface area contributed by atoms with E-state index in [1.165, 1.54) is 18.1 Å². The molecule has 0 bridgehead atoms. The Hall–Kier alpha value is -3.25. The Balaban J connectivity index is 1.95. The smallest absolute Gasteiger partial charge is 0.290 e. The molecule has 1 N–H and O–H groups in total. The van der Waals surface area contributed by atoms with Crippen molar-refractivity contribution in [2.45, 2.75) is 6.04 Å². The van der Waals surface area contributed by atoms with Gasteiger partial charge < -0.3 is 14.7 Å². The molecular weight excluding hydrogens is 344 g/mol. The molecule has 6 heteroatoms. The van der Waals surface area contributed by atoms with Crippen LogP contribution in [0.3, 0.4) is 0 Å². The fourth-order valence-electron chi connectivity index (χ4n) is 3.04. The minimum Gasteiger partial charge on any atom is -0.503 e. The molecule has 1 aliphatic rings. The largest absolute Gasteiger partial charge is 0.503 e. The van der Waals surface area contributed by atoms with E-state index in [-0.39, 0.29) is 18.7 Å². The minimum atomic E-state index is -0.700. The van der Waals surface area contributed by atoms with Crippen LogP contribution in [0.2, 0.25) is 0 Å². The van der Waals surface area contributed by atoms with Crippen LogP contribution in [0, 0.1) is 0 Å². The first-order valence-electron chi connectivity index (χ1n) is 8.54. The van der Waals surface area contributed by atoms with E-state index in [9.17, 15) is 14.7 Å². The molecule has 138 valence electrons. The van der Waals surface area contributed by atoms with E-state index in [4.69, 9.17) is 4.74 Å². The molecule has 0 spiro atoms. The third kappa shape index (κ3) is 3.96. The molecule has 27 heavy (non-hydrogen) atoms. The van der Waals surface area contributed by atoms with Gasteiger partial charge in [0.1, 0.15) is 0 Å². The molecule has 1 amide bonds. The Morgan fingerprint density at radius 1 is 1.26 bits per heavy atom. The van der Waals surface area contributed by atoms with Crippen LogP contribution in [0.1, 0.15) is 17.2 Å². The van der Waals surface area contributed by atoms with Crippen molar-refractivity contribution in [2.24, 2.45) is 0 Å². The highest BCUT2D eigenvalue weighted by Crippen LogP contribution is 2.37. The van der Waals surface area contributed by atoms with E-state index in [1.54, 1.807) is 30.6 Å². The Morgan fingerprint density at radius 3 is 2.70 bits per heavy atom. The minimum absolute atomic E-state index is 0.0521. The number of hydrogen-bond acceptors (Lipinski definition) is 5. The second-order valence-corrected chi connectivity index (χ2v) is 6.05. The van der Waals surface area contributed by atoms with Crippen molar-refractivity contribution in [3.8, 4) is 0 Å². The number of carbonyl (C=O) groups excluding carboxylic acids is 2. The SMILES string of the molecule is COCCN1C(=O)C(O)=C(C(=O)/C=C/c2ccccc2)[C@@H]1c1cccnc1. The molecule has 2 aromatic rings. The number of methoxy groups -OCH3 is 1. The second-order valence-electron chi connectivity index (χ2n) is 6.05. The molecule has 1 atom stereocenters. The Morgan fingerprint density at radius 2 is 2.04 bits per heavy atom. The lowest BCUT2D eigenvalue weighted by atomic mass is 9.97. The van der Waals surface area contributed by atoms with Crippen LogP contribution in [-0.4, -0.2) is 46.9 Å². The first kappa shape index (κ1) is 18.5. The molecule has 2 heterocycles.